The zero-order valence-corrected chi connectivity index (χ0v) is 10.0. The van der Waals surface area contributed by atoms with Crippen molar-refractivity contribution < 1.29 is 4.79 Å². The van der Waals surface area contributed by atoms with E-state index in [1.807, 2.05) is 35.7 Å². The Kier molecular flexibility index (Phi) is 3.59. The van der Waals surface area contributed by atoms with E-state index < -0.39 is 0 Å². The molecule has 0 fully saturated rings. The second kappa shape index (κ2) is 5.14. The highest BCUT2D eigenvalue weighted by Crippen LogP contribution is 2.14. The van der Waals surface area contributed by atoms with E-state index in [1.165, 1.54) is 11.3 Å². The average molecular weight is 252 g/mol. The van der Waals surface area contributed by atoms with Crippen molar-refractivity contribution >= 4 is 34.5 Å². The van der Waals surface area contributed by atoms with Crippen LogP contribution in [-0.4, -0.2) is 5.91 Å². The second-order valence-electron chi connectivity index (χ2n) is 3.26. The first kappa shape index (κ1) is 11.2. The molecule has 1 heterocycles. The second-order valence-corrected chi connectivity index (χ2v) is 4.48. The number of alkyl halides is 1. The van der Waals surface area contributed by atoms with Gasteiger partial charge in [-0.2, -0.15) is 0 Å². The maximum absolute atomic E-state index is 11.7. The normalized spacial score (nSPS) is 10.1. The predicted molar refractivity (Wildman–Crippen MR) is 68.3 cm³/mol. The Hall–Kier alpha value is -1.32. The van der Waals surface area contributed by atoms with Crippen LogP contribution in [0, 0.1) is 0 Å². The maximum Gasteiger partial charge on any atom is 0.265 e. The van der Waals surface area contributed by atoms with E-state index in [9.17, 15) is 4.79 Å². The van der Waals surface area contributed by atoms with Gasteiger partial charge < -0.3 is 5.32 Å². The van der Waals surface area contributed by atoms with Gasteiger partial charge in [-0.25, -0.2) is 0 Å². The van der Waals surface area contributed by atoms with Crippen LogP contribution in [-0.2, 0) is 5.88 Å². The fourth-order valence-corrected chi connectivity index (χ4v) is 2.07. The van der Waals surface area contributed by atoms with Crippen LogP contribution >= 0.6 is 22.9 Å². The van der Waals surface area contributed by atoms with Gasteiger partial charge in [0, 0.05) is 11.6 Å². The molecular formula is C12H10ClNOS. The third kappa shape index (κ3) is 2.62. The molecule has 0 bridgehead atoms. The fraction of sp³-hybridized carbons (Fsp3) is 0.0833. The Balaban J connectivity index is 2.06. The van der Waals surface area contributed by atoms with Gasteiger partial charge in [-0.3, -0.25) is 4.79 Å². The van der Waals surface area contributed by atoms with E-state index >= 15 is 0 Å². The summed E-state index contributed by atoms with van der Waals surface area (Å²) in [4.78, 5) is 12.4. The molecule has 0 atom stereocenters. The Morgan fingerprint density at radius 1 is 1.25 bits per heavy atom. The number of hydrogen-bond acceptors (Lipinski definition) is 2. The Morgan fingerprint density at radius 3 is 2.56 bits per heavy atom. The summed E-state index contributed by atoms with van der Waals surface area (Å²) in [6.45, 7) is 0. The molecule has 1 amide bonds. The molecule has 2 aromatic rings. The van der Waals surface area contributed by atoms with Crippen molar-refractivity contribution in [1.29, 1.82) is 0 Å². The van der Waals surface area contributed by atoms with Gasteiger partial charge in [0.2, 0.25) is 0 Å². The number of carbonyl (C=O) groups is 1. The SMILES string of the molecule is O=C(Nc1ccc(CCl)cc1)c1cccs1. The van der Waals surface area contributed by atoms with Crippen LogP contribution < -0.4 is 5.32 Å². The molecule has 0 aliphatic carbocycles. The zero-order valence-electron chi connectivity index (χ0n) is 8.44. The summed E-state index contributed by atoms with van der Waals surface area (Å²) >= 11 is 7.11. The lowest BCUT2D eigenvalue weighted by Gasteiger charge is -2.03. The van der Waals surface area contributed by atoms with Crippen LogP contribution in [0.3, 0.4) is 0 Å². The first-order chi connectivity index (χ1) is 7.79. The standard InChI is InChI=1S/C12H10ClNOS/c13-8-9-3-5-10(6-4-9)14-12(15)11-2-1-7-16-11/h1-7H,8H2,(H,14,15). The van der Waals surface area contributed by atoms with E-state index in [0.29, 0.717) is 10.8 Å². The molecule has 0 unspecified atom stereocenters. The molecule has 2 nitrogen and oxygen atoms in total. The van der Waals surface area contributed by atoms with Crippen molar-refractivity contribution in [2.75, 3.05) is 5.32 Å². The van der Waals surface area contributed by atoms with Crippen molar-refractivity contribution in [1.82, 2.24) is 0 Å². The predicted octanol–water partition coefficient (Wildman–Crippen LogP) is 3.74. The summed E-state index contributed by atoms with van der Waals surface area (Å²) in [6, 6.07) is 11.2. The maximum atomic E-state index is 11.7. The van der Waals surface area contributed by atoms with Crippen molar-refractivity contribution in [3.8, 4) is 0 Å². The van der Waals surface area contributed by atoms with E-state index in [-0.39, 0.29) is 5.91 Å². The molecule has 0 aliphatic rings. The lowest BCUT2D eigenvalue weighted by Crippen LogP contribution is -2.09. The van der Waals surface area contributed by atoms with Crippen LogP contribution in [0.2, 0.25) is 0 Å². The smallest absolute Gasteiger partial charge is 0.265 e. The molecule has 82 valence electrons. The molecular weight excluding hydrogens is 242 g/mol. The Morgan fingerprint density at radius 2 is 2.00 bits per heavy atom. The minimum absolute atomic E-state index is 0.0753. The van der Waals surface area contributed by atoms with Crippen LogP contribution in [0.25, 0.3) is 0 Å². The highest BCUT2D eigenvalue weighted by atomic mass is 35.5. The molecule has 0 saturated carbocycles. The first-order valence-corrected chi connectivity index (χ1v) is 6.21. The van der Waals surface area contributed by atoms with Gasteiger partial charge in [0.15, 0.2) is 0 Å². The van der Waals surface area contributed by atoms with Gasteiger partial charge in [-0.1, -0.05) is 18.2 Å². The summed E-state index contributed by atoms with van der Waals surface area (Å²) in [5.41, 5.74) is 1.82. The lowest BCUT2D eigenvalue weighted by molar-refractivity contribution is 0.103. The molecule has 2 rings (SSSR count). The van der Waals surface area contributed by atoms with Gasteiger partial charge in [-0.05, 0) is 29.1 Å². The van der Waals surface area contributed by atoms with Crippen LogP contribution in [0.1, 0.15) is 15.2 Å². The zero-order chi connectivity index (χ0) is 11.4. The molecule has 1 N–H and O–H groups in total. The fourth-order valence-electron chi connectivity index (χ4n) is 1.28. The number of benzene rings is 1. The summed E-state index contributed by atoms with van der Waals surface area (Å²) in [5, 5.41) is 4.70. The molecule has 16 heavy (non-hydrogen) atoms. The summed E-state index contributed by atoms with van der Waals surface area (Å²) in [5.74, 6) is 0.410. The Labute approximate surface area is 103 Å². The molecule has 4 heteroatoms. The third-order valence-electron chi connectivity index (χ3n) is 2.11. The third-order valence-corrected chi connectivity index (χ3v) is 3.29. The van der Waals surface area contributed by atoms with Crippen molar-refractivity contribution in [3.63, 3.8) is 0 Å². The molecule has 0 spiro atoms. The van der Waals surface area contributed by atoms with Crippen LogP contribution in [0.5, 0.6) is 0 Å². The minimum Gasteiger partial charge on any atom is -0.321 e. The topological polar surface area (TPSA) is 29.1 Å². The lowest BCUT2D eigenvalue weighted by atomic mass is 10.2. The minimum atomic E-state index is -0.0753. The van der Waals surface area contributed by atoms with Crippen molar-refractivity contribution in [3.05, 3.63) is 52.2 Å². The van der Waals surface area contributed by atoms with Gasteiger partial charge in [0.1, 0.15) is 0 Å². The van der Waals surface area contributed by atoms with Crippen LogP contribution in [0.4, 0.5) is 5.69 Å². The molecule has 1 aromatic carbocycles. The average Bonchev–Trinajstić information content (AvgIpc) is 2.83. The van der Waals surface area contributed by atoms with Crippen molar-refractivity contribution in [2.45, 2.75) is 5.88 Å². The monoisotopic (exact) mass is 251 g/mol. The number of hydrogen-bond donors (Lipinski definition) is 1. The highest BCUT2D eigenvalue weighted by molar-refractivity contribution is 7.12. The van der Waals surface area contributed by atoms with E-state index in [1.54, 1.807) is 6.07 Å². The van der Waals surface area contributed by atoms with E-state index in [0.717, 1.165) is 11.3 Å². The summed E-state index contributed by atoms with van der Waals surface area (Å²) < 4.78 is 0. The van der Waals surface area contributed by atoms with E-state index in [4.69, 9.17) is 11.6 Å². The highest BCUT2D eigenvalue weighted by Gasteiger charge is 2.06. The Bertz CT molecular complexity index is 464. The van der Waals surface area contributed by atoms with E-state index in [2.05, 4.69) is 5.32 Å². The molecule has 0 radical (unpaired) electrons. The number of rotatable bonds is 3. The van der Waals surface area contributed by atoms with Gasteiger partial charge in [-0.15, -0.1) is 22.9 Å². The van der Waals surface area contributed by atoms with Gasteiger partial charge >= 0.3 is 0 Å². The summed E-state index contributed by atoms with van der Waals surface area (Å²) in [6.07, 6.45) is 0. The quantitative estimate of drug-likeness (QED) is 0.828. The van der Waals surface area contributed by atoms with Crippen LogP contribution in [0.15, 0.2) is 41.8 Å². The number of carbonyl (C=O) groups excluding carboxylic acids is 1. The number of nitrogens with one attached hydrogen (secondary N) is 1. The largest absolute Gasteiger partial charge is 0.321 e. The number of halogens is 1. The molecule has 0 saturated heterocycles. The number of amides is 1. The number of anilines is 1. The summed E-state index contributed by atoms with van der Waals surface area (Å²) in [7, 11) is 0. The van der Waals surface area contributed by atoms with Gasteiger partial charge in [0.05, 0.1) is 4.88 Å². The molecule has 0 aliphatic heterocycles. The van der Waals surface area contributed by atoms with Crippen molar-refractivity contribution in [2.24, 2.45) is 0 Å². The van der Waals surface area contributed by atoms with Gasteiger partial charge in [0.25, 0.3) is 5.91 Å². The number of thiophene rings is 1. The first-order valence-electron chi connectivity index (χ1n) is 4.79. The molecule has 1 aromatic heterocycles.